The Morgan fingerprint density at radius 2 is 2.10 bits per heavy atom. The van der Waals surface area contributed by atoms with E-state index in [4.69, 9.17) is 0 Å². The summed E-state index contributed by atoms with van der Waals surface area (Å²) in [5.74, 6) is -0.189. The van der Waals surface area contributed by atoms with E-state index in [1.165, 1.54) is 18.2 Å². The summed E-state index contributed by atoms with van der Waals surface area (Å²) >= 11 is 3.06. The smallest absolute Gasteiger partial charge is 0.276 e. The minimum absolute atomic E-state index is 0.187. The SMILES string of the molecule is CCNc1ccc(C(=O)Nc2ccc(F)c(Br)c2)nn1. The summed E-state index contributed by atoms with van der Waals surface area (Å²) < 4.78 is 13.4. The zero-order valence-electron chi connectivity index (χ0n) is 10.7. The number of anilines is 2. The molecule has 0 saturated heterocycles. The van der Waals surface area contributed by atoms with Crippen LogP contribution in [0.5, 0.6) is 0 Å². The molecule has 0 bridgehead atoms. The normalized spacial score (nSPS) is 10.2. The molecule has 0 radical (unpaired) electrons. The standard InChI is InChI=1S/C13H12BrFN4O/c1-2-16-12-6-5-11(18-19-12)13(20)17-8-3-4-10(15)9(14)7-8/h3-7H,2H2,1H3,(H,16,19)(H,17,20). The van der Waals surface area contributed by atoms with E-state index >= 15 is 0 Å². The molecule has 104 valence electrons. The lowest BCUT2D eigenvalue weighted by Gasteiger charge is -2.06. The number of nitrogens with one attached hydrogen (secondary N) is 2. The zero-order chi connectivity index (χ0) is 14.5. The average Bonchev–Trinajstić information content (AvgIpc) is 2.44. The van der Waals surface area contributed by atoms with Crippen LogP contribution in [0.25, 0.3) is 0 Å². The third kappa shape index (κ3) is 3.51. The molecule has 0 unspecified atom stereocenters. The molecule has 0 aliphatic carbocycles. The second-order valence-corrected chi connectivity index (χ2v) is 4.77. The van der Waals surface area contributed by atoms with Gasteiger partial charge in [-0.1, -0.05) is 0 Å². The van der Waals surface area contributed by atoms with Gasteiger partial charge in [-0.15, -0.1) is 10.2 Å². The minimum Gasteiger partial charge on any atom is -0.369 e. The lowest BCUT2D eigenvalue weighted by Crippen LogP contribution is -2.15. The van der Waals surface area contributed by atoms with Gasteiger partial charge in [0, 0.05) is 12.2 Å². The van der Waals surface area contributed by atoms with Crippen LogP contribution in [-0.4, -0.2) is 22.6 Å². The second-order valence-electron chi connectivity index (χ2n) is 3.92. The van der Waals surface area contributed by atoms with E-state index in [1.807, 2.05) is 6.92 Å². The van der Waals surface area contributed by atoms with Crippen LogP contribution in [0, 0.1) is 5.82 Å². The molecule has 5 nitrogen and oxygen atoms in total. The fraction of sp³-hybridized carbons (Fsp3) is 0.154. The number of hydrogen-bond donors (Lipinski definition) is 2. The summed E-state index contributed by atoms with van der Waals surface area (Å²) in [6.07, 6.45) is 0. The molecule has 2 aromatic rings. The highest BCUT2D eigenvalue weighted by atomic mass is 79.9. The maximum absolute atomic E-state index is 13.1. The predicted molar refractivity (Wildman–Crippen MR) is 78.2 cm³/mol. The quantitative estimate of drug-likeness (QED) is 0.898. The van der Waals surface area contributed by atoms with Crippen LogP contribution in [0.3, 0.4) is 0 Å². The van der Waals surface area contributed by atoms with E-state index in [2.05, 4.69) is 36.8 Å². The van der Waals surface area contributed by atoms with E-state index in [0.717, 1.165) is 6.54 Å². The first-order chi connectivity index (χ1) is 9.60. The van der Waals surface area contributed by atoms with Crippen LogP contribution >= 0.6 is 15.9 Å². The van der Waals surface area contributed by atoms with Gasteiger partial charge >= 0.3 is 0 Å². The Hall–Kier alpha value is -2.02. The number of amides is 1. The summed E-state index contributed by atoms with van der Waals surface area (Å²) in [7, 11) is 0. The molecule has 0 saturated carbocycles. The average molecular weight is 339 g/mol. The molecule has 0 atom stereocenters. The highest BCUT2D eigenvalue weighted by Gasteiger charge is 2.09. The molecule has 0 aliphatic heterocycles. The van der Waals surface area contributed by atoms with Crippen molar-refractivity contribution in [1.29, 1.82) is 0 Å². The Morgan fingerprint density at radius 1 is 1.30 bits per heavy atom. The topological polar surface area (TPSA) is 66.9 Å². The minimum atomic E-state index is -0.404. The molecule has 0 aliphatic rings. The van der Waals surface area contributed by atoms with Crippen molar-refractivity contribution in [3.8, 4) is 0 Å². The molecule has 1 heterocycles. The van der Waals surface area contributed by atoms with Crippen molar-refractivity contribution >= 4 is 33.3 Å². The molecule has 1 aromatic carbocycles. The van der Waals surface area contributed by atoms with E-state index in [9.17, 15) is 9.18 Å². The molecule has 7 heteroatoms. The molecule has 1 aromatic heterocycles. The van der Waals surface area contributed by atoms with Crippen LogP contribution < -0.4 is 10.6 Å². The Kier molecular flexibility index (Phi) is 4.62. The number of carbonyl (C=O) groups excluding carboxylic acids is 1. The van der Waals surface area contributed by atoms with Gasteiger partial charge in [0.15, 0.2) is 5.69 Å². The van der Waals surface area contributed by atoms with Gasteiger partial charge in [-0.05, 0) is 53.2 Å². The molecule has 2 N–H and O–H groups in total. The number of aromatic nitrogens is 2. The summed E-state index contributed by atoms with van der Waals surface area (Å²) in [6, 6.07) is 7.45. The van der Waals surface area contributed by atoms with Gasteiger partial charge in [0.25, 0.3) is 5.91 Å². The lowest BCUT2D eigenvalue weighted by molar-refractivity contribution is 0.102. The first kappa shape index (κ1) is 14.4. The van der Waals surface area contributed by atoms with Gasteiger partial charge in [0.2, 0.25) is 0 Å². The third-order valence-corrected chi connectivity index (χ3v) is 3.04. The van der Waals surface area contributed by atoms with Crippen molar-refractivity contribution in [2.75, 3.05) is 17.2 Å². The zero-order valence-corrected chi connectivity index (χ0v) is 12.2. The lowest BCUT2D eigenvalue weighted by atomic mass is 10.3. The third-order valence-electron chi connectivity index (χ3n) is 2.43. The van der Waals surface area contributed by atoms with Crippen molar-refractivity contribution in [2.24, 2.45) is 0 Å². The van der Waals surface area contributed by atoms with Crippen molar-refractivity contribution in [3.63, 3.8) is 0 Å². The Bertz CT molecular complexity index is 618. The van der Waals surface area contributed by atoms with E-state index in [-0.39, 0.29) is 10.2 Å². The Balaban J connectivity index is 2.09. The largest absolute Gasteiger partial charge is 0.369 e. The molecular formula is C13H12BrFN4O. The summed E-state index contributed by atoms with van der Waals surface area (Å²) in [6.45, 7) is 2.67. The fourth-order valence-corrected chi connectivity index (χ4v) is 1.88. The van der Waals surface area contributed by atoms with Gasteiger partial charge in [-0.3, -0.25) is 4.79 Å². The molecule has 0 fully saturated rings. The predicted octanol–water partition coefficient (Wildman–Crippen LogP) is 3.06. The van der Waals surface area contributed by atoms with Crippen LogP contribution in [-0.2, 0) is 0 Å². The summed E-state index contributed by atoms with van der Waals surface area (Å²) in [4.78, 5) is 11.9. The summed E-state index contributed by atoms with van der Waals surface area (Å²) in [5, 5.41) is 13.3. The maximum atomic E-state index is 13.1. The van der Waals surface area contributed by atoms with Gasteiger partial charge in [-0.2, -0.15) is 0 Å². The molecule has 0 spiro atoms. The monoisotopic (exact) mass is 338 g/mol. The number of rotatable bonds is 4. The Morgan fingerprint density at radius 3 is 2.70 bits per heavy atom. The van der Waals surface area contributed by atoms with Crippen LogP contribution in [0.2, 0.25) is 0 Å². The maximum Gasteiger partial charge on any atom is 0.276 e. The van der Waals surface area contributed by atoms with Crippen molar-refractivity contribution < 1.29 is 9.18 Å². The van der Waals surface area contributed by atoms with Crippen LogP contribution in [0.15, 0.2) is 34.8 Å². The fourth-order valence-electron chi connectivity index (χ4n) is 1.50. The number of hydrogen-bond acceptors (Lipinski definition) is 4. The molecular weight excluding hydrogens is 327 g/mol. The first-order valence-corrected chi connectivity index (χ1v) is 6.73. The Labute approximate surface area is 123 Å². The molecule has 2 rings (SSSR count). The second kappa shape index (κ2) is 6.42. The van der Waals surface area contributed by atoms with Crippen molar-refractivity contribution in [1.82, 2.24) is 10.2 Å². The highest BCUT2D eigenvalue weighted by molar-refractivity contribution is 9.10. The van der Waals surface area contributed by atoms with Gasteiger partial charge in [-0.25, -0.2) is 4.39 Å². The van der Waals surface area contributed by atoms with E-state index < -0.39 is 11.7 Å². The highest BCUT2D eigenvalue weighted by Crippen LogP contribution is 2.20. The van der Waals surface area contributed by atoms with E-state index in [1.54, 1.807) is 12.1 Å². The number of halogens is 2. The van der Waals surface area contributed by atoms with E-state index in [0.29, 0.717) is 11.5 Å². The first-order valence-electron chi connectivity index (χ1n) is 5.94. The number of nitrogens with zero attached hydrogens (tertiary/aromatic N) is 2. The summed E-state index contributed by atoms with van der Waals surface area (Å²) in [5.41, 5.74) is 0.660. The van der Waals surface area contributed by atoms with Crippen molar-refractivity contribution in [2.45, 2.75) is 6.92 Å². The number of carbonyl (C=O) groups is 1. The number of benzene rings is 1. The van der Waals surface area contributed by atoms with Crippen molar-refractivity contribution in [3.05, 3.63) is 46.3 Å². The van der Waals surface area contributed by atoms with Gasteiger partial charge in [0.05, 0.1) is 4.47 Å². The van der Waals surface area contributed by atoms with Gasteiger partial charge in [0.1, 0.15) is 11.6 Å². The molecule has 1 amide bonds. The van der Waals surface area contributed by atoms with Crippen LogP contribution in [0.1, 0.15) is 17.4 Å². The molecule has 20 heavy (non-hydrogen) atoms. The van der Waals surface area contributed by atoms with Crippen LogP contribution in [0.4, 0.5) is 15.9 Å². The van der Waals surface area contributed by atoms with Gasteiger partial charge < -0.3 is 10.6 Å².